The molecule has 0 aliphatic heterocycles. The van der Waals surface area contributed by atoms with Gasteiger partial charge in [-0.3, -0.25) is 0 Å². The minimum Gasteiger partial charge on any atom is -0.872 e. The summed E-state index contributed by atoms with van der Waals surface area (Å²) in [5.41, 5.74) is 1.06. The third kappa shape index (κ3) is 3.46. The second kappa shape index (κ2) is 4.88. The van der Waals surface area contributed by atoms with Gasteiger partial charge in [-0.15, -0.1) is 5.75 Å². The van der Waals surface area contributed by atoms with Crippen molar-refractivity contribution in [2.45, 2.75) is 25.7 Å². The molecule has 0 fully saturated rings. The number of aliphatic hydroxyl groups is 1. The van der Waals surface area contributed by atoms with E-state index >= 15 is 0 Å². The minimum atomic E-state index is -0.0559. The Morgan fingerprint density at radius 2 is 1.94 bits per heavy atom. The Kier molecular flexibility index (Phi) is 3.78. The Bertz CT molecular complexity index is 386. The number of hydrogen-bond acceptors (Lipinski definition) is 2. The van der Waals surface area contributed by atoms with Gasteiger partial charge in [0, 0.05) is 0 Å². The zero-order valence-electron chi connectivity index (χ0n) is 9.73. The molecule has 86 valence electrons. The lowest BCUT2D eigenvalue weighted by atomic mass is 9.81. The van der Waals surface area contributed by atoms with Crippen LogP contribution in [0.15, 0.2) is 48.8 Å². The highest BCUT2D eigenvalue weighted by Gasteiger charge is 2.18. The summed E-state index contributed by atoms with van der Waals surface area (Å²) in [6.45, 7) is 7.58. The van der Waals surface area contributed by atoms with E-state index in [0.29, 0.717) is 0 Å². The molecule has 0 bridgehead atoms. The summed E-state index contributed by atoms with van der Waals surface area (Å²) >= 11 is 0. The Labute approximate surface area is 96.6 Å². The van der Waals surface area contributed by atoms with Crippen LogP contribution in [0.2, 0.25) is 0 Å². The number of allylic oxidation sites excluding steroid dienone is 2. The lowest BCUT2D eigenvalue weighted by Crippen LogP contribution is -2.15. The normalized spacial score (nSPS) is 11.9. The van der Waals surface area contributed by atoms with Crippen LogP contribution in [0.25, 0.3) is 0 Å². The van der Waals surface area contributed by atoms with Crippen LogP contribution in [0.4, 0.5) is 0 Å². The van der Waals surface area contributed by atoms with E-state index in [2.05, 4.69) is 20.4 Å². The topological polar surface area (TPSA) is 43.3 Å². The van der Waals surface area contributed by atoms with E-state index in [1.54, 1.807) is 18.2 Å². The van der Waals surface area contributed by atoms with E-state index in [1.165, 1.54) is 0 Å². The van der Waals surface area contributed by atoms with E-state index < -0.39 is 0 Å². The van der Waals surface area contributed by atoms with Crippen molar-refractivity contribution < 1.29 is 10.2 Å². The highest BCUT2D eigenvalue weighted by molar-refractivity contribution is 5.30. The zero-order valence-corrected chi connectivity index (χ0v) is 9.73. The summed E-state index contributed by atoms with van der Waals surface area (Å²) in [5, 5.41) is 19.9. The first kappa shape index (κ1) is 12.4. The van der Waals surface area contributed by atoms with Gasteiger partial charge in [-0.25, -0.2) is 0 Å². The van der Waals surface area contributed by atoms with Crippen molar-refractivity contribution in [1.82, 2.24) is 0 Å². The van der Waals surface area contributed by atoms with Gasteiger partial charge in [-0.1, -0.05) is 50.8 Å². The van der Waals surface area contributed by atoms with Gasteiger partial charge in [-0.05, 0) is 23.5 Å². The Morgan fingerprint density at radius 1 is 1.38 bits per heavy atom. The maximum Gasteiger partial charge on any atom is 0.108 e. The molecule has 0 saturated carbocycles. The second-order valence-corrected chi connectivity index (χ2v) is 4.51. The Balaban J connectivity index is 2.77. The van der Waals surface area contributed by atoms with Crippen LogP contribution >= 0.6 is 0 Å². The molecule has 1 aromatic rings. The van der Waals surface area contributed by atoms with Crippen molar-refractivity contribution in [1.29, 1.82) is 0 Å². The first-order valence-electron chi connectivity index (χ1n) is 5.24. The Morgan fingerprint density at radius 3 is 2.44 bits per heavy atom. The Hall–Kier alpha value is -1.70. The quantitative estimate of drug-likeness (QED) is 0.622. The van der Waals surface area contributed by atoms with E-state index in [4.69, 9.17) is 5.11 Å². The van der Waals surface area contributed by atoms with Crippen molar-refractivity contribution in [3.8, 4) is 5.75 Å². The minimum absolute atomic E-state index is 0.0267. The molecular weight excluding hydrogens is 200 g/mol. The molecule has 0 amide bonds. The standard InChI is InChI=1S/C14H18O2/c1-11(15)5-4-10-14(2,3)12-6-8-13(16)9-7-12/h4-9,15-16H,1,10H2,2-3H3/p-1/b5-4-. The first-order chi connectivity index (χ1) is 7.42. The average molecular weight is 217 g/mol. The van der Waals surface area contributed by atoms with E-state index in [0.717, 1.165) is 12.0 Å². The summed E-state index contributed by atoms with van der Waals surface area (Å²) in [7, 11) is 0. The molecule has 0 unspecified atom stereocenters. The van der Waals surface area contributed by atoms with Crippen LogP contribution in [0.5, 0.6) is 5.75 Å². The van der Waals surface area contributed by atoms with E-state index in [9.17, 15) is 5.11 Å². The van der Waals surface area contributed by atoms with Crippen LogP contribution in [-0.2, 0) is 5.41 Å². The monoisotopic (exact) mass is 217 g/mol. The van der Waals surface area contributed by atoms with Gasteiger partial charge < -0.3 is 10.2 Å². The predicted octanol–water partition coefficient (Wildman–Crippen LogP) is 3.06. The smallest absolute Gasteiger partial charge is 0.108 e. The fourth-order valence-corrected chi connectivity index (χ4v) is 1.51. The lowest BCUT2D eigenvalue weighted by molar-refractivity contribution is -0.268. The molecule has 0 heterocycles. The number of aliphatic hydroxyl groups excluding tert-OH is 1. The summed E-state index contributed by atoms with van der Waals surface area (Å²) in [6, 6.07) is 6.85. The lowest BCUT2D eigenvalue weighted by Gasteiger charge is -2.24. The van der Waals surface area contributed by atoms with Crippen molar-refractivity contribution in [3.05, 3.63) is 54.3 Å². The highest BCUT2D eigenvalue weighted by Crippen LogP contribution is 2.28. The molecule has 1 N–H and O–H groups in total. The first-order valence-corrected chi connectivity index (χ1v) is 5.24. The molecular formula is C14H17O2-. The number of benzene rings is 1. The maximum atomic E-state index is 11.0. The fraction of sp³-hybridized carbons (Fsp3) is 0.286. The van der Waals surface area contributed by atoms with Crippen molar-refractivity contribution in [2.24, 2.45) is 0 Å². The van der Waals surface area contributed by atoms with Gasteiger partial charge in [0.1, 0.15) is 5.76 Å². The fourth-order valence-electron chi connectivity index (χ4n) is 1.51. The van der Waals surface area contributed by atoms with Crippen LogP contribution in [-0.4, -0.2) is 5.11 Å². The molecule has 16 heavy (non-hydrogen) atoms. The zero-order chi connectivity index (χ0) is 12.2. The summed E-state index contributed by atoms with van der Waals surface area (Å²) in [5.74, 6) is 0.0875. The third-order valence-electron chi connectivity index (χ3n) is 2.57. The van der Waals surface area contributed by atoms with Crippen molar-refractivity contribution >= 4 is 0 Å². The molecule has 1 aromatic carbocycles. The predicted molar refractivity (Wildman–Crippen MR) is 64.4 cm³/mol. The molecule has 1 rings (SSSR count). The van der Waals surface area contributed by atoms with E-state index in [-0.39, 0.29) is 16.9 Å². The molecule has 0 spiro atoms. The molecule has 0 aliphatic carbocycles. The third-order valence-corrected chi connectivity index (χ3v) is 2.57. The van der Waals surface area contributed by atoms with Crippen LogP contribution < -0.4 is 5.11 Å². The molecule has 0 aromatic heterocycles. The van der Waals surface area contributed by atoms with Crippen molar-refractivity contribution in [2.75, 3.05) is 0 Å². The molecule has 2 heteroatoms. The highest BCUT2D eigenvalue weighted by atomic mass is 16.3. The molecule has 0 saturated heterocycles. The largest absolute Gasteiger partial charge is 0.872 e. The van der Waals surface area contributed by atoms with Crippen LogP contribution in [0.1, 0.15) is 25.8 Å². The van der Waals surface area contributed by atoms with Crippen LogP contribution in [0.3, 0.4) is 0 Å². The summed E-state index contributed by atoms with van der Waals surface area (Å²) in [4.78, 5) is 0. The van der Waals surface area contributed by atoms with Gasteiger partial charge in [0.15, 0.2) is 0 Å². The molecule has 0 aliphatic rings. The van der Waals surface area contributed by atoms with E-state index in [1.807, 2.05) is 18.2 Å². The van der Waals surface area contributed by atoms with Crippen LogP contribution in [0, 0.1) is 0 Å². The SMILES string of the molecule is C=C(O)/C=C\CC(C)(C)c1ccc([O-])cc1. The van der Waals surface area contributed by atoms with Gasteiger partial charge in [0.2, 0.25) is 0 Å². The summed E-state index contributed by atoms with van der Waals surface area (Å²) < 4.78 is 0. The molecule has 0 atom stereocenters. The number of hydrogen-bond donors (Lipinski definition) is 1. The van der Waals surface area contributed by atoms with Gasteiger partial charge in [-0.2, -0.15) is 0 Å². The molecule has 0 radical (unpaired) electrons. The van der Waals surface area contributed by atoms with Gasteiger partial charge in [0.25, 0.3) is 0 Å². The van der Waals surface area contributed by atoms with Crippen molar-refractivity contribution in [3.63, 3.8) is 0 Å². The van der Waals surface area contributed by atoms with Gasteiger partial charge >= 0.3 is 0 Å². The average Bonchev–Trinajstić information content (AvgIpc) is 2.17. The number of rotatable bonds is 4. The molecule has 2 nitrogen and oxygen atoms in total. The second-order valence-electron chi connectivity index (χ2n) is 4.51. The maximum absolute atomic E-state index is 11.0. The van der Waals surface area contributed by atoms with Gasteiger partial charge in [0.05, 0.1) is 0 Å². The summed E-state index contributed by atoms with van der Waals surface area (Å²) in [6.07, 6.45) is 4.25.